The van der Waals surface area contributed by atoms with E-state index in [2.05, 4.69) is 4.74 Å². The van der Waals surface area contributed by atoms with Crippen LogP contribution in [0.4, 0.5) is 0 Å². The number of carbonyl (C=O) groups is 1. The van der Waals surface area contributed by atoms with Crippen molar-refractivity contribution in [3.8, 4) is 22.6 Å². The summed E-state index contributed by atoms with van der Waals surface area (Å²) in [5.41, 5.74) is 1.78. The normalized spacial score (nSPS) is 9.90. The van der Waals surface area contributed by atoms with Gasteiger partial charge in [0.25, 0.3) is 0 Å². The second-order valence-corrected chi connectivity index (χ2v) is 4.06. The van der Waals surface area contributed by atoms with E-state index in [-0.39, 0.29) is 6.61 Å². The molecule has 0 aliphatic carbocycles. The van der Waals surface area contributed by atoms with Crippen LogP contribution in [0, 0.1) is 0 Å². The fourth-order valence-electron chi connectivity index (χ4n) is 1.88. The maximum Gasteiger partial charge on any atom is 0.343 e. The molecule has 104 valence electrons. The Labute approximate surface area is 117 Å². The lowest BCUT2D eigenvalue weighted by Crippen LogP contribution is -2.12. The van der Waals surface area contributed by atoms with E-state index in [0.717, 1.165) is 16.9 Å². The van der Waals surface area contributed by atoms with Gasteiger partial charge in [-0.15, -0.1) is 0 Å². The van der Waals surface area contributed by atoms with E-state index in [0.29, 0.717) is 5.75 Å². The summed E-state index contributed by atoms with van der Waals surface area (Å²) in [5.74, 6) is 0.948. The number of esters is 1. The maximum atomic E-state index is 11.2. The summed E-state index contributed by atoms with van der Waals surface area (Å²) < 4.78 is 15.4. The van der Waals surface area contributed by atoms with Crippen molar-refractivity contribution in [1.82, 2.24) is 0 Å². The highest BCUT2D eigenvalue weighted by molar-refractivity contribution is 5.76. The largest absolute Gasteiger partial charge is 0.496 e. The molecule has 0 unspecified atom stereocenters. The lowest BCUT2D eigenvalue weighted by Gasteiger charge is -2.13. The number of carbonyl (C=O) groups excluding carboxylic acids is 1. The summed E-state index contributed by atoms with van der Waals surface area (Å²) in [4.78, 5) is 11.2. The average Bonchev–Trinajstić information content (AvgIpc) is 2.52. The van der Waals surface area contributed by atoms with Gasteiger partial charge in [0.05, 0.1) is 14.2 Å². The first kappa shape index (κ1) is 13.9. The second-order valence-electron chi connectivity index (χ2n) is 4.06. The lowest BCUT2D eigenvalue weighted by molar-refractivity contribution is -0.142. The third kappa shape index (κ3) is 3.09. The van der Waals surface area contributed by atoms with Crippen molar-refractivity contribution in [3.05, 3.63) is 48.5 Å². The minimum atomic E-state index is -0.417. The summed E-state index contributed by atoms with van der Waals surface area (Å²) in [7, 11) is 2.95. The number of methoxy groups -OCH3 is 2. The van der Waals surface area contributed by atoms with Gasteiger partial charge >= 0.3 is 5.97 Å². The zero-order chi connectivity index (χ0) is 14.4. The molecular weight excluding hydrogens is 256 g/mol. The van der Waals surface area contributed by atoms with E-state index in [1.54, 1.807) is 7.11 Å². The van der Waals surface area contributed by atoms with Crippen LogP contribution in [0.5, 0.6) is 11.5 Å². The summed E-state index contributed by atoms with van der Waals surface area (Å²) >= 11 is 0. The molecule has 2 aromatic rings. The number of para-hydroxylation sites is 2. The van der Waals surface area contributed by atoms with Crippen LogP contribution in [-0.4, -0.2) is 26.8 Å². The van der Waals surface area contributed by atoms with Gasteiger partial charge in [-0.25, -0.2) is 4.79 Å². The van der Waals surface area contributed by atoms with E-state index in [4.69, 9.17) is 9.47 Å². The van der Waals surface area contributed by atoms with E-state index in [1.807, 2.05) is 48.5 Å². The van der Waals surface area contributed by atoms with Gasteiger partial charge in [0.1, 0.15) is 11.5 Å². The Hall–Kier alpha value is -2.49. The molecule has 2 rings (SSSR count). The molecule has 0 heterocycles. The lowest BCUT2D eigenvalue weighted by atomic mass is 10.0. The molecule has 0 aromatic heterocycles. The summed E-state index contributed by atoms with van der Waals surface area (Å²) in [6, 6.07) is 15.1. The van der Waals surface area contributed by atoms with Gasteiger partial charge in [-0.05, 0) is 12.1 Å². The molecule has 4 heteroatoms. The summed E-state index contributed by atoms with van der Waals surface area (Å²) in [6.45, 7) is -0.122. The van der Waals surface area contributed by atoms with Crippen LogP contribution < -0.4 is 9.47 Å². The predicted molar refractivity (Wildman–Crippen MR) is 75.9 cm³/mol. The first-order chi connectivity index (χ1) is 9.76. The molecule has 0 bridgehead atoms. The Bertz CT molecular complexity index is 593. The van der Waals surface area contributed by atoms with Crippen molar-refractivity contribution < 1.29 is 19.0 Å². The van der Waals surface area contributed by atoms with Crippen LogP contribution >= 0.6 is 0 Å². The molecule has 20 heavy (non-hydrogen) atoms. The van der Waals surface area contributed by atoms with E-state index in [1.165, 1.54) is 7.11 Å². The first-order valence-electron chi connectivity index (χ1n) is 6.18. The minimum Gasteiger partial charge on any atom is -0.496 e. The number of benzene rings is 2. The van der Waals surface area contributed by atoms with Gasteiger partial charge in [0.15, 0.2) is 6.61 Å². The van der Waals surface area contributed by atoms with E-state index < -0.39 is 5.97 Å². The molecule has 0 amide bonds. The maximum absolute atomic E-state index is 11.2. The van der Waals surface area contributed by atoms with Crippen molar-refractivity contribution in [1.29, 1.82) is 0 Å². The summed E-state index contributed by atoms with van der Waals surface area (Å²) in [6.07, 6.45) is 0. The number of hydrogen-bond donors (Lipinski definition) is 0. The van der Waals surface area contributed by atoms with Gasteiger partial charge in [-0.3, -0.25) is 0 Å². The van der Waals surface area contributed by atoms with Crippen molar-refractivity contribution in [2.24, 2.45) is 0 Å². The fraction of sp³-hybridized carbons (Fsp3) is 0.188. The highest BCUT2D eigenvalue weighted by atomic mass is 16.6. The van der Waals surface area contributed by atoms with Crippen molar-refractivity contribution >= 4 is 5.97 Å². The SMILES string of the molecule is COC(=O)COc1ccccc1-c1ccccc1OC. The molecule has 0 fully saturated rings. The molecule has 0 aliphatic heterocycles. The Balaban J connectivity index is 2.34. The molecule has 0 N–H and O–H groups in total. The zero-order valence-corrected chi connectivity index (χ0v) is 11.5. The monoisotopic (exact) mass is 272 g/mol. The minimum absolute atomic E-state index is 0.122. The van der Waals surface area contributed by atoms with Crippen molar-refractivity contribution in [2.45, 2.75) is 0 Å². The van der Waals surface area contributed by atoms with Crippen LogP contribution in [0.3, 0.4) is 0 Å². The molecule has 2 aromatic carbocycles. The number of hydrogen-bond acceptors (Lipinski definition) is 4. The molecule has 0 saturated heterocycles. The topological polar surface area (TPSA) is 44.8 Å². The van der Waals surface area contributed by atoms with Crippen molar-refractivity contribution in [3.63, 3.8) is 0 Å². The third-order valence-corrected chi connectivity index (χ3v) is 2.86. The molecule has 0 radical (unpaired) electrons. The second kappa shape index (κ2) is 6.61. The Morgan fingerprint density at radius 1 is 0.900 bits per heavy atom. The Kier molecular flexibility index (Phi) is 4.60. The van der Waals surface area contributed by atoms with Crippen LogP contribution in [0.15, 0.2) is 48.5 Å². The number of rotatable bonds is 5. The molecule has 4 nitrogen and oxygen atoms in total. The van der Waals surface area contributed by atoms with E-state index in [9.17, 15) is 4.79 Å². The van der Waals surface area contributed by atoms with E-state index >= 15 is 0 Å². The highest BCUT2D eigenvalue weighted by Crippen LogP contribution is 2.35. The van der Waals surface area contributed by atoms with Gasteiger partial charge in [0, 0.05) is 11.1 Å². The molecule has 0 saturated carbocycles. The standard InChI is InChI=1S/C16H16O4/c1-18-14-9-5-3-7-12(14)13-8-4-6-10-15(13)20-11-16(17)19-2/h3-10H,11H2,1-2H3. The average molecular weight is 272 g/mol. The van der Waals surface area contributed by atoms with Gasteiger partial charge < -0.3 is 14.2 Å². The molecule has 0 aliphatic rings. The van der Waals surface area contributed by atoms with Gasteiger partial charge in [0.2, 0.25) is 0 Å². The fourth-order valence-corrected chi connectivity index (χ4v) is 1.88. The quantitative estimate of drug-likeness (QED) is 0.785. The Morgan fingerprint density at radius 2 is 1.45 bits per heavy atom. The molecule has 0 atom stereocenters. The Morgan fingerprint density at radius 3 is 2.05 bits per heavy atom. The smallest absolute Gasteiger partial charge is 0.343 e. The first-order valence-corrected chi connectivity index (χ1v) is 6.18. The van der Waals surface area contributed by atoms with Gasteiger partial charge in [-0.1, -0.05) is 36.4 Å². The predicted octanol–water partition coefficient (Wildman–Crippen LogP) is 2.91. The van der Waals surface area contributed by atoms with Crippen LogP contribution in [0.1, 0.15) is 0 Å². The third-order valence-electron chi connectivity index (χ3n) is 2.86. The summed E-state index contributed by atoms with van der Waals surface area (Å²) in [5, 5.41) is 0. The highest BCUT2D eigenvalue weighted by Gasteiger charge is 2.11. The number of ether oxygens (including phenoxy) is 3. The van der Waals surface area contributed by atoms with Crippen LogP contribution in [0.2, 0.25) is 0 Å². The molecular formula is C16H16O4. The van der Waals surface area contributed by atoms with Gasteiger partial charge in [-0.2, -0.15) is 0 Å². The van der Waals surface area contributed by atoms with Crippen molar-refractivity contribution in [2.75, 3.05) is 20.8 Å². The van der Waals surface area contributed by atoms with Crippen LogP contribution in [-0.2, 0) is 9.53 Å². The zero-order valence-electron chi connectivity index (χ0n) is 11.5. The van der Waals surface area contributed by atoms with Crippen LogP contribution in [0.25, 0.3) is 11.1 Å². The molecule has 0 spiro atoms.